The summed E-state index contributed by atoms with van der Waals surface area (Å²) in [5, 5.41) is 0. The van der Waals surface area contributed by atoms with Gasteiger partial charge in [-0.25, -0.2) is 9.34 Å². The maximum absolute atomic E-state index is 6.69. The number of rotatable bonds is 5. The van der Waals surface area contributed by atoms with Crippen LogP contribution in [0.5, 0.6) is 0 Å². The molecule has 1 saturated heterocycles. The minimum absolute atomic E-state index is 0.00691. The third-order valence-corrected chi connectivity index (χ3v) is 8.33. The highest BCUT2D eigenvalue weighted by molar-refractivity contribution is 9.10. The smallest absolute Gasteiger partial charge is 0.189 e. The summed E-state index contributed by atoms with van der Waals surface area (Å²) < 4.78 is 12.6. The zero-order chi connectivity index (χ0) is 20.4. The molecule has 1 heterocycles. The molecular weight excluding hydrogens is 443 g/mol. The molecule has 0 unspecified atom stereocenters. The van der Waals surface area contributed by atoms with Crippen LogP contribution in [0.25, 0.3) is 0 Å². The molecule has 3 atom stereocenters. The maximum Gasteiger partial charge on any atom is 0.189 e. The van der Waals surface area contributed by atoms with Crippen molar-refractivity contribution in [1.29, 1.82) is 0 Å². The SMILES string of the molecule is C[C@H](OP1N(C)[C@H](c2ccccc2)[C@@H](c2ccccc2)N1C)c1ccccc1Br. The van der Waals surface area contributed by atoms with Crippen LogP contribution in [0.1, 0.15) is 41.8 Å². The first kappa shape index (κ1) is 20.7. The highest BCUT2D eigenvalue weighted by atomic mass is 79.9. The number of likely N-dealkylation sites (N-methyl/N-ethyl adjacent to an activating group) is 2. The van der Waals surface area contributed by atoms with Crippen molar-refractivity contribution in [2.24, 2.45) is 0 Å². The van der Waals surface area contributed by atoms with Crippen LogP contribution >= 0.6 is 24.4 Å². The van der Waals surface area contributed by atoms with Crippen LogP contribution in [0.15, 0.2) is 89.4 Å². The van der Waals surface area contributed by atoms with E-state index in [1.54, 1.807) is 0 Å². The Balaban J connectivity index is 1.68. The molecule has 4 rings (SSSR count). The first-order valence-corrected chi connectivity index (χ1v) is 11.8. The van der Waals surface area contributed by atoms with Crippen molar-refractivity contribution in [1.82, 2.24) is 9.34 Å². The van der Waals surface area contributed by atoms with Gasteiger partial charge in [-0.3, -0.25) is 0 Å². The minimum Gasteiger partial charge on any atom is -0.323 e. The molecule has 0 N–H and O–H groups in total. The topological polar surface area (TPSA) is 15.7 Å². The van der Waals surface area contributed by atoms with Crippen molar-refractivity contribution in [2.45, 2.75) is 25.1 Å². The standard InChI is InChI=1S/C24H26BrN2OP/c1-18(21-16-10-11-17-22(21)25)28-29-26(2)23(19-12-6-4-7-13-19)24(27(29)3)20-14-8-5-9-15-20/h4-18,23-24H,1-3H3/t18-,23+,24+/m0/s1. The molecule has 3 aromatic rings. The third kappa shape index (κ3) is 4.19. The second-order valence-corrected chi connectivity index (χ2v) is 10.2. The number of benzene rings is 3. The number of halogens is 1. The molecule has 0 saturated carbocycles. The Bertz CT molecular complexity index is 888. The molecule has 29 heavy (non-hydrogen) atoms. The van der Waals surface area contributed by atoms with E-state index in [4.69, 9.17) is 4.52 Å². The molecule has 0 aromatic heterocycles. The van der Waals surface area contributed by atoms with E-state index in [9.17, 15) is 0 Å². The first-order chi connectivity index (χ1) is 14.1. The Labute approximate surface area is 183 Å². The van der Waals surface area contributed by atoms with E-state index >= 15 is 0 Å². The van der Waals surface area contributed by atoms with Gasteiger partial charge < -0.3 is 4.52 Å². The summed E-state index contributed by atoms with van der Waals surface area (Å²) in [5.74, 6) is 0. The quantitative estimate of drug-likeness (QED) is 0.371. The molecule has 1 aliphatic rings. The van der Waals surface area contributed by atoms with E-state index in [-0.39, 0.29) is 18.2 Å². The van der Waals surface area contributed by atoms with Gasteiger partial charge in [-0.05, 0) is 43.8 Å². The first-order valence-electron chi connectivity index (χ1n) is 9.84. The van der Waals surface area contributed by atoms with Crippen molar-refractivity contribution in [2.75, 3.05) is 14.1 Å². The molecule has 150 valence electrons. The Hall–Kier alpha value is -1.55. The van der Waals surface area contributed by atoms with E-state index in [1.165, 1.54) is 16.7 Å². The zero-order valence-corrected chi connectivity index (χ0v) is 19.4. The molecular formula is C24H26BrN2OP. The molecule has 3 nitrogen and oxygen atoms in total. The van der Waals surface area contributed by atoms with Gasteiger partial charge in [0.05, 0.1) is 18.2 Å². The van der Waals surface area contributed by atoms with Crippen molar-refractivity contribution < 1.29 is 4.52 Å². The number of hydrogen-bond acceptors (Lipinski definition) is 3. The Kier molecular flexibility index (Phi) is 6.48. The Morgan fingerprint density at radius 3 is 1.69 bits per heavy atom. The number of hydrogen-bond donors (Lipinski definition) is 0. The normalized spacial score (nSPS) is 22.1. The maximum atomic E-state index is 6.69. The molecule has 5 heteroatoms. The minimum atomic E-state index is -0.923. The van der Waals surface area contributed by atoms with Crippen molar-refractivity contribution in [3.05, 3.63) is 106 Å². The molecule has 0 amide bonds. The van der Waals surface area contributed by atoms with E-state index in [0.717, 1.165) is 4.47 Å². The lowest BCUT2D eigenvalue weighted by atomic mass is 9.93. The third-order valence-electron chi connectivity index (χ3n) is 5.52. The van der Waals surface area contributed by atoms with Crippen molar-refractivity contribution in [3.63, 3.8) is 0 Å². The predicted octanol–water partition coefficient (Wildman–Crippen LogP) is 7.11. The lowest BCUT2D eigenvalue weighted by Crippen LogP contribution is -2.20. The molecule has 0 aliphatic carbocycles. The average Bonchev–Trinajstić information content (AvgIpc) is 3.00. The molecule has 1 fully saturated rings. The summed E-state index contributed by atoms with van der Waals surface area (Å²) >= 11 is 3.67. The van der Waals surface area contributed by atoms with Gasteiger partial charge >= 0.3 is 0 Å². The van der Waals surface area contributed by atoms with Crippen molar-refractivity contribution in [3.8, 4) is 0 Å². The van der Waals surface area contributed by atoms with Crippen LogP contribution in [0, 0.1) is 0 Å². The fourth-order valence-corrected chi connectivity index (χ4v) is 6.78. The Morgan fingerprint density at radius 2 is 1.21 bits per heavy atom. The van der Waals surface area contributed by atoms with E-state index in [2.05, 4.69) is 125 Å². The van der Waals surface area contributed by atoms with Gasteiger partial charge in [0.2, 0.25) is 0 Å². The van der Waals surface area contributed by atoms with Gasteiger partial charge in [-0.2, -0.15) is 0 Å². The van der Waals surface area contributed by atoms with E-state index in [0.29, 0.717) is 0 Å². The fourth-order valence-electron chi connectivity index (χ4n) is 4.09. The highest BCUT2D eigenvalue weighted by Gasteiger charge is 2.47. The van der Waals surface area contributed by atoms with Crippen molar-refractivity contribution >= 4 is 24.4 Å². The molecule has 0 radical (unpaired) electrons. The van der Waals surface area contributed by atoms with Gasteiger partial charge in [0.1, 0.15) is 0 Å². The zero-order valence-electron chi connectivity index (χ0n) is 16.9. The lowest BCUT2D eigenvalue weighted by Gasteiger charge is -2.29. The van der Waals surface area contributed by atoms with Crippen LogP contribution in [0.3, 0.4) is 0 Å². The van der Waals surface area contributed by atoms with Gasteiger partial charge in [0.25, 0.3) is 0 Å². The van der Waals surface area contributed by atoms with Crippen LogP contribution in [0.2, 0.25) is 0 Å². The fraction of sp³-hybridized carbons (Fsp3) is 0.250. The van der Waals surface area contributed by atoms with Gasteiger partial charge in [-0.15, -0.1) is 0 Å². The van der Waals surface area contributed by atoms with Gasteiger partial charge in [0.15, 0.2) is 8.45 Å². The molecule has 1 aliphatic heterocycles. The summed E-state index contributed by atoms with van der Waals surface area (Å²) in [6.45, 7) is 2.14. The molecule has 3 aromatic carbocycles. The summed E-state index contributed by atoms with van der Waals surface area (Å²) in [6.07, 6.45) is -0.00691. The summed E-state index contributed by atoms with van der Waals surface area (Å²) in [5.41, 5.74) is 3.81. The monoisotopic (exact) mass is 468 g/mol. The van der Waals surface area contributed by atoms with Crippen LogP contribution in [-0.2, 0) is 4.52 Å². The number of nitrogens with zero attached hydrogens (tertiary/aromatic N) is 2. The van der Waals surface area contributed by atoms with E-state index < -0.39 is 8.45 Å². The highest BCUT2D eigenvalue weighted by Crippen LogP contribution is 2.64. The van der Waals surface area contributed by atoms with Crippen LogP contribution in [0.4, 0.5) is 0 Å². The summed E-state index contributed by atoms with van der Waals surface area (Å²) in [6, 6.07) is 30.3. The second-order valence-electron chi connectivity index (χ2n) is 7.38. The van der Waals surface area contributed by atoms with Crippen LogP contribution in [-0.4, -0.2) is 23.4 Å². The molecule has 0 spiro atoms. The van der Waals surface area contributed by atoms with E-state index in [1.807, 2.05) is 6.07 Å². The van der Waals surface area contributed by atoms with Gasteiger partial charge in [-0.1, -0.05) is 94.8 Å². The summed E-state index contributed by atoms with van der Waals surface area (Å²) in [7, 11) is 3.46. The second kappa shape index (κ2) is 9.07. The largest absolute Gasteiger partial charge is 0.323 e. The predicted molar refractivity (Wildman–Crippen MR) is 124 cm³/mol. The summed E-state index contributed by atoms with van der Waals surface area (Å²) in [4.78, 5) is 0. The lowest BCUT2D eigenvalue weighted by molar-refractivity contribution is 0.222. The van der Waals surface area contributed by atoms with Crippen LogP contribution < -0.4 is 0 Å². The Morgan fingerprint density at radius 1 is 0.759 bits per heavy atom. The molecule has 0 bridgehead atoms. The van der Waals surface area contributed by atoms with Gasteiger partial charge in [0, 0.05) is 4.47 Å². The average molecular weight is 469 g/mol.